The Balaban J connectivity index is 1.93. The Bertz CT molecular complexity index is 433. The normalized spacial score (nSPS) is 16.6. The van der Waals surface area contributed by atoms with Gasteiger partial charge in [-0.2, -0.15) is 0 Å². The largest absolute Gasteiger partial charge is 0.370 e. The lowest BCUT2D eigenvalue weighted by molar-refractivity contribution is 0.0457. The summed E-state index contributed by atoms with van der Waals surface area (Å²) < 4.78 is 5.65. The summed E-state index contributed by atoms with van der Waals surface area (Å²) in [5.74, 6) is 0.958. The highest BCUT2D eigenvalue weighted by Crippen LogP contribution is 2.32. The first-order valence-corrected chi connectivity index (χ1v) is 6.81. The van der Waals surface area contributed by atoms with E-state index < -0.39 is 0 Å². The number of hydrogen-bond donors (Lipinski definition) is 0. The Morgan fingerprint density at radius 3 is 2.78 bits per heavy atom. The van der Waals surface area contributed by atoms with Crippen LogP contribution in [0.5, 0.6) is 0 Å². The molecule has 1 unspecified atom stereocenters. The maximum absolute atomic E-state index is 12.3. The highest BCUT2D eigenvalue weighted by molar-refractivity contribution is 6.00. The van der Waals surface area contributed by atoms with E-state index in [1.54, 1.807) is 0 Å². The highest BCUT2D eigenvalue weighted by atomic mass is 16.5. The van der Waals surface area contributed by atoms with Crippen molar-refractivity contribution in [3.8, 4) is 0 Å². The first kappa shape index (κ1) is 13.3. The molecule has 1 saturated carbocycles. The molecule has 0 saturated heterocycles. The summed E-state index contributed by atoms with van der Waals surface area (Å²) in [5.41, 5.74) is 2.95. The van der Waals surface area contributed by atoms with E-state index in [1.165, 1.54) is 12.8 Å². The molecule has 1 atom stereocenters. The summed E-state index contributed by atoms with van der Waals surface area (Å²) in [6.45, 7) is 6.55. The van der Waals surface area contributed by atoms with E-state index in [0.717, 1.165) is 29.0 Å². The third-order valence-corrected chi connectivity index (χ3v) is 3.62. The van der Waals surface area contributed by atoms with Gasteiger partial charge < -0.3 is 4.74 Å². The van der Waals surface area contributed by atoms with E-state index in [-0.39, 0.29) is 11.9 Å². The monoisotopic (exact) mass is 246 g/mol. The number of ether oxygens (including phenoxy) is 1. The van der Waals surface area contributed by atoms with Crippen LogP contribution in [0.1, 0.15) is 47.7 Å². The smallest absolute Gasteiger partial charge is 0.191 e. The zero-order valence-electron chi connectivity index (χ0n) is 11.5. The molecule has 0 bridgehead atoms. The average Bonchev–Trinajstić information content (AvgIpc) is 3.15. The van der Waals surface area contributed by atoms with Gasteiger partial charge in [0, 0.05) is 12.2 Å². The number of carbonyl (C=O) groups excluding carboxylic acids is 1. The summed E-state index contributed by atoms with van der Waals surface area (Å²) in [6, 6.07) is 5.99. The van der Waals surface area contributed by atoms with Gasteiger partial charge in [-0.1, -0.05) is 30.5 Å². The zero-order valence-corrected chi connectivity index (χ0v) is 11.5. The first-order valence-electron chi connectivity index (χ1n) is 6.81. The molecular formula is C16H22O2. The van der Waals surface area contributed by atoms with Gasteiger partial charge in [-0.3, -0.25) is 4.79 Å². The van der Waals surface area contributed by atoms with Gasteiger partial charge in [-0.05, 0) is 44.7 Å². The molecule has 0 N–H and O–H groups in total. The molecule has 0 aliphatic heterocycles. The predicted octanol–water partition coefficient (Wildman–Crippen LogP) is 3.69. The third-order valence-electron chi connectivity index (χ3n) is 3.62. The van der Waals surface area contributed by atoms with E-state index >= 15 is 0 Å². The molecule has 2 nitrogen and oxygen atoms in total. The number of aryl methyl sites for hydroxylation is 2. The quantitative estimate of drug-likeness (QED) is 0.715. The van der Waals surface area contributed by atoms with Gasteiger partial charge in [0.15, 0.2) is 5.78 Å². The summed E-state index contributed by atoms with van der Waals surface area (Å²) >= 11 is 0. The summed E-state index contributed by atoms with van der Waals surface area (Å²) in [5, 5.41) is 0. The van der Waals surface area contributed by atoms with Crippen molar-refractivity contribution in [3.05, 3.63) is 34.9 Å². The second-order valence-electron chi connectivity index (χ2n) is 5.43. The van der Waals surface area contributed by atoms with Crippen LogP contribution in [-0.4, -0.2) is 18.5 Å². The van der Waals surface area contributed by atoms with Crippen molar-refractivity contribution in [2.75, 3.05) is 6.61 Å². The molecule has 1 fully saturated rings. The molecular weight excluding hydrogens is 224 g/mol. The number of benzene rings is 1. The highest BCUT2D eigenvalue weighted by Gasteiger charge is 2.22. The minimum atomic E-state index is -0.329. The Hall–Kier alpha value is -1.15. The van der Waals surface area contributed by atoms with Crippen LogP contribution in [0.25, 0.3) is 0 Å². The molecule has 1 aliphatic carbocycles. The predicted molar refractivity (Wildman–Crippen MR) is 73.0 cm³/mol. The number of Topliss-reactive ketones (excluding diaryl/α,β-unsaturated/α-hetero) is 1. The molecule has 0 heterocycles. The molecule has 2 rings (SSSR count). The number of rotatable bonds is 6. The van der Waals surface area contributed by atoms with Crippen molar-refractivity contribution in [1.82, 2.24) is 0 Å². The lowest BCUT2D eigenvalue weighted by Crippen LogP contribution is -2.22. The molecule has 0 radical (unpaired) electrons. The molecule has 98 valence electrons. The fourth-order valence-electron chi connectivity index (χ4n) is 2.11. The van der Waals surface area contributed by atoms with Crippen molar-refractivity contribution in [1.29, 1.82) is 0 Å². The number of ketones is 1. The zero-order chi connectivity index (χ0) is 13.1. The standard InChI is InChI=1S/C16H22O2/c1-11-4-5-12(2)15(10-11)16(17)13(3)18-9-8-14-6-7-14/h4-5,10,13-14H,6-9H2,1-3H3. The van der Waals surface area contributed by atoms with Gasteiger partial charge in [-0.25, -0.2) is 0 Å². The topological polar surface area (TPSA) is 26.3 Å². The van der Waals surface area contributed by atoms with Crippen molar-refractivity contribution in [3.63, 3.8) is 0 Å². The molecule has 1 aliphatic rings. The summed E-state index contributed by atoms with van der Waals surface area (Å²) in [7, 11) is 0. The Morgan fingerprint density at radius 1 is 1.39 bits per heavy atom. The number of hydrogen-bond acceptors (Lipinski definition) is 2. The lowest BCUT2D eigenvalue weighted by atomic mass is 9.99. The molecule has 1 aromatic carbocycles. The fourth-order valence-corrected chi connectivity index (χ4v) is 2.11. The van der Waals surface area contributed by atoms with Crippen LogP contribution in [0.3, 0.4) is 0 Å². The van der Waals surface area contributed by atoms with Crippen molar-refractivity contribution >= 4 is 5.78 Å². The van der Waals surface area contributed by atoms with E-state index in [4.69, 9.17) is 4.74 Å². The fraction of sp³-hybridized carbons (Fsp3) is 0.562. The lowest BCUT2D eigenvalue weighted by Gasteiger charge is -2.14. The second-order valence-corrected chi connectivity index (χ2v) is 5.43. The molecule has 0 amide bonds. The van der Waals surface area contributed by atoms with Crippen molar-refractivity contribution in [2.24, 2.45) is 5.92 Å². The molecule has 1 aromatic rings. The van der Waals surface area contributed by atoms with Crippen LogP contribution in [-0.2, 0) is 4.74 Å². The van der Waals surface area contributed by atoms with E-state index in [1.807, 2.05) is 39.0 Å². The first-order chi connectivity index (χ1) is 8.58. The molecule has 0 aromatic heterocycles. The maximum Gasteiger partial charge on any atom is 0.191 e. The SMILES string of the molecule is Cc1ccc(C)c(C(=O)C(C)OCCC2CC2)c1. The summed E-state index contributed by atoms with van der Waals surface area (Å²) in [4.78, 5) is 12.3. The van der Waals surface area contributed by atoms with Crippen LogP contribution >= 0.6 is 0 Å². The van der Waals surface area contributed by atoms with Crippen LogP contribution in [0, 0.1) is 19.8 Å². The maximum atomic E-state index is 12.3. The number of carbonyl (C=O) groups is 1. The Labute approximate surface area is 109 Å². The van der Waals surface area contributed by atoms with Gasteiger partial charge in [-0.15, -0.1) is 0 Å². The van der Waals surface area contributed by atoms with Gasteiger partial charge >= 0.3 is 0 Å². The Morgan fingerprint density at radius 2 is 2.11 bits per heavy atom. The van der Waals surface area contributed by atoms with Crippen LogP contribution < -0.4 is 0 Å². The van der Waals surface area contributed by atoms with E-state index in [2.05, 4.69) is 0 Å². The average molecular weight is 246 g/mol. The van der Waals surface area contributed by atoms with Gasteiger partial charge in [0.1, 0.15) is 6.10 Å². The minimum absolute atomic E-state index is 0.104. The summed E-state index contributed by atoms with van der Waals surface area (Å²) in [6.07, 6.45) is 3.44. The van der Waals surface area contributed by atoms with Gasteiger partial charge in [0.25, 0.3) is 0 Å². The van der Waals surface area contributed by atoms with Crippen molar-refractivity contribution < 1.29 is 9.53 Å². The minimum Gasteiger partial charge on any atom is -0.370 e. The van der Waals surface area contributed by atoms with Gasteiger partial charge in [0.2, 0.25) is 0 Å². The van der Waals surface area contributed by atoms with Crippen LogP contribution in [0.15, 0.2) is 18.2 Å². The van der Waals surface area contributed by atoms with Gasteiger partial charge in [0.05, 0.1) is 0 Å². The Kier molecular flexibility index (Phi) is 4.18. The molecule has 2 heteroatoms. The van der Waals surface area contributed by atoms with E-state index in [0.29, 0.717) is 6.61 Å². The second kappa shape index (κ2) is 5.66. The molecule has 0 spiro atoms. The van der Waals surface area contributed by atoms with Crippen molar-refractivity contribution in [2.45, 2.75) is 46.1 Å². The van der Waals surface area contributed by atoms with E-state index in [9.17, 15) is 4.79 Å². The van der Waals surface area contributed by atoms with Crippen LogP contribution in [0.4, 0.5) is 0 Å². The molecule has 18 heavy (non-hydrogen) atoms. The third kappa shape index (κ3) is 3.42. The van der Waals surface area contributed by atoms with Crippen LogP contribution in [0.2, 0.25) is 0 Å².